The number of hydrogen-bond donors (Lipinski definition) is 1. The Kier molecular flexibility index (Phi) is 2.70. The molecule has 1 spiro atoms. The first-order chi connectivity index (χ1) is 8.29. The fourth-order valence-corrected chi connectivity index (χ4v) is 3.14. The summed E-state index contributed by atoms with van der Waals surface area (Å²) in [4.78, 5) is 16.2. The van der Waals surface area contributed by atoms with Crippen LogP contribution in [0.2, 0.25) is 0 Å². The molecule has 17 heavy (non-hydrogen) atoms. The third-order valence-electron chi connectivity index (χ3n) is 4.03. The van der Waals surface area contributed by atoms with E-state index in [1.165, 1.54) is 19.2 Å². The normalized spacial score (nSPS) is 27.4. The highest BCUT2D eigenvalue weighted by Gasteiger charge is 2.42. The van der Waals surface area contributed by atoms with Gasteiger partial charge in [-0.15, -0.1) is 0 Å². The van der Waals surface area contributed by atoms with Crippen molar-refractivity contribution in [3.05, 3.63) is 12.2 Å². The Bertz CT molecular complexity index is 396. The molecule has 1 atom stereocenters. The smallest absolute Gasteiger partial charge is 0.202 e. The van der Waals surface area contributed by atoms with Crippen molar-refractivity contribution in [2.45, 2.75) is 44.1 Å². The molecular weight excluding hydrogens is 218 g/mol. The summed E-state index contributed by atoms with van der Waals surface area (Å²) in [7, 11) is 0. The Labute approximate surface area is 100.0 Å². The monoisotopic (exact) mass is 235 g/mol. The van der Waals surface area contributed by atoms with Crippen molar-refractivity contribution in [2.24, 2.45) is 5.92 Å². The van der Waals surface area contributed by atoms with Crippen molar-refractivity contribution in [1.29, 1.82) is 0 Å². The second kappa shape index (κ2) is 4.22. The topological polar surface area (TPSA) is 67.9 Å². The number of carbonyl (C=O) groups is 1. The molecule has 1 saturated carbocycles. The van der Waals surface area contributed by atoms with Crippen molar-refractivity contribution in [1.82, 2.24) is 15.2 Å². The van der Waals surface area contributed by atoms with Gasteiger partial charge in [0, 0.05) is 12.5 Å². The fourth-order valence-electron chi connectivity index (χ4n) is 3.14. The summed E-state index contributed by atoms with van der Waals surface area (Å²) in [5.41, 5.74) is -0.0153. The molecule has 2 aliphatic rings. The molecular formula is C12H17N3O2. The molecule has 1 aromatic rings. The Morgan fingerprint density at radius 2 is 2.29 bits per heavy atom. The minimum atomic E-state index is -0.0153. The van der Waals surface area contributed by atoms with Crippen LogP contribution >= 0.6 is 0 Å². The lowest BCUT2D eigenvalue weighted by Crippen LogP contribution is -2.40. The van der Waals surface area contributed by atoms with Crippen LogP contribution in [0.3, 0.4) is 0 Å². The minimum absolute atomic E-state index is 0.0153. The predicted molar refractivity (Wildman–Crippen MR) is 60.6 cm³/mol. The Morgan fingerprint density at radius 1 is 1.47 bits per heavy atom. The van der Waals surface area contributed by atoms with Gasteiger partial charge in [0.1, 0.15) is 6.33 Å². The molecule has 1 aromatic heterocycles. The zero-order chi connectivity index (χ0) is 11.7. The maximum atomic E-state index is 12.2. The van der Waals surface area contributed by atoms with E-state index in [0.29, 0.717) is 12.4 Å². The van der Waals surface area contributed by atoms with Crippen LogP contribution in [0.4, 0.5) is 0 Å². The lowest BCUT2D eigenvalue weighted by atomic mass is 9.82. The summed E-state index contributed by atoms with van der Waals surface area (Å²) >= 11 is 0. The van der Waals surface area contributed by atoms with Gasteiger partial charge in [-0.3, -0.25) is 9.89 Å². The highest BCUT2D eigenvalue weighted by Crippen LogP contribution is 2.42. The minimum Gasteiger partial charge on any atom is -0.375 e. The average molecular weight is 235 g/mol. The van der Waals surface area contributed by atoms with Gasteiger partial charge < -0.3 is 4.74 Å². The lowest BCUT2D eigenvalue weighted by Gasteiger charge is -2.37. The number of nitrogens with zero attached hydrogens (tertiary/aromatic N) is 2. The summed E-state index contributed by atoms with van der Waals surface area (Å²) in [6.45, 7) is 0.699. The third-order valence-corrected chi connectivity index (χ3v) is 4.03. The molecule has 3 rings (SSSR count). The summed E-state index contributed by atoms with van der Waals surface area (Å²) in [6.07, 6.45) is 7.71. The fraction of sp³-hybridized carbons (Fsp3) is 0.750. The number of hydrogen-bond acceptors (Lipinski definition) is 4. The Morgan fingerprint density at radius 3 is 3.00 bits per heavy atom. The number of aromatic amines is 1. The van der Waals surface area contributed by atoms with E-state index < -0.39 is 0 Å². The van der Waals surface area contributed by atoms with Crippen LogP contribution in [0.5, 0.6) is 0 Å². The van der Waals surface area contributed by atoms with Gasteiger partial charge in [-0.2, -0.15) is 5.10 Å². The standard InChI is InChI=1S/C12H17N3O2/c16-10(11-13-8-14-15-11)9-3-6-17-12(7-9)4-1-2-5-12/h8-9H,1-7H2,(H,13,14,15). The molecule has 0 amide bonds. The van der Waals surface area contributed by atoms with E-state index in [-0.39, 0.29) is 17.3 Å². The number of ketones is 1. The molecule has 1 saturated heterocycles. The second-order valence-electron chi connectivity index (χ2n) is 5.13. The van der Waals surface area contributed by atoms with E-state index in [1.54, 1.807) is 0 Å². The van der Waals surface area contributed by atoms with Gasteiger partial charge in [0.25, 0.3) is 0 Å². The first kappa shape index (κ1) is 10.9. The maximum Gasteiger partial charge on any atom is 0.202 e. The molecule has 0 bridgehead atoms. The Hall–Kier alpha value is -1.23. The molecule has 2 fully saturated rings. The first-order valence-corrected chi connectivity index (χ1v) is 6.33. The second-order valence-corrected chi connectivity index (χ2v) is 5.13. The summed E-state index contributed by atoms with van der Waals surface area (Å²) < 4.78 is 5.93. The lowest BCUT2D eigenvalue weighted by molar-refractivity contribution is -0.0867. The van der Waals surface area contributed by atoms with Crippen molar-refractivity contribution < 1.29 is 9.53 Å². The predicted octanol–water partition coefficient (Wildman–Crippen LogP) is 1.73. The highest BCUT2D eigenvalue weighted by atomic mass is 16.5. The first-order valence-electron chi connectivity index (χ1n) is 6.33. The zero-order valence-electron chi connectivity index (χ0n) is 9.82. The van der Waals surface area contributed by atoms with E-state index in [9.17, 15) is 4.79 Å². The van der Waals surface area contributed by atoms with Crippen LogP contribution in [-0.2, 0) is 4.74 Å². The van der Waals surface area contributed by atoms with Gasteiger partial charge in [0.05, 0.1) is 5.60 Å². The number of H-pyrrole nitrogens is 1. The largest absolute Gasteiger partial charge is 0.375 e. The molecule has 1 unspecified atom stereocenters. The van der Waals surface area contributed by atoms with E-state index in [2.05, 4.69) is 15.2 Å². The molecule has 0 radical (unpaired) electrons. The van der Waals surface area contributed by atoms with Crippen LogP contribution in [0, 0.1) is 5.92 Å². The van der Waals surface area contributed by atoms with Gasteiger partial charge in [0.2, 0.25) is 5.78 Å². The van der Waals surface area contributed by atoms with E-state index in [0.717, 1.165) is 25.7 Å². The van der Waals surface area contributed by atoms with Gasteiger partial charge in [-0.05, 0) is 25.7 Å². The molecule has 0 aromatic carbocycles. The van der Waals surface area contributed by atoms with Crippen molar-refractivity contribution >= 4 is 5.78 Å². The average Bonchev–Trinajstić information content (AvgIpc) is 3.00. The number of ether oxygens (including phenoxy) is 1. The molecule has 2 heterocycles. The molecule has 1 N–H and O–H groups in total. The van der Waals surface area contributed by atoms with Gasteiger partial charge >= 0.3 is 0 Å². The molecule has 5 heteroatoms. The van der Waals surface area contributed by atoms with E-state index in [1.807, 2.05) is 0 Å². The molecule has 1 aliphatic carbocycles. The quantitative estimate of drug-likeness (QED) is 0.793. The Balaban J connectivity index is 1.73. The molecule has 1 aliphatic heterocycles. The number of Topliss-reactive ketones (excluding diaryl/α,β-unsaturated/α-hetero) is 1. The number of aromatic nitrogens is 3. The van der Waals surface area contributed by atoms with Gasteiger partial charge in [-0.1, -0.05) is 12.8 Å². The number of carbonyl (C=O) groups excluding carboxylic acids is 1. The number of rotatable bonds is 2. The summed E-state index contributed by atoms with van der Waals surface area (Å²) in [5, 5.41) is 6.40. The highest BCUT2D eigenvalue weighted by molar-refractivity contribution is 5.94. The summed E-state index contributed by atoms with van der Waals surface area (Å²) in [6, 6.07) is 0. The summed E-state index contributed by atoms with van der Waals surface area (Å²) in [5.74, 6) is 0.539. The van der Waals surface area contributed by atoms with Crippen LogP contribution in [0.1, 0.15) is 49.1 Å². The number of nitrogens with one attached hydrogen (secondary N) is 1. The van der Waals surface area contributed by atoms with Gasteiger partial charge in [0.15, 0.2) is 5.82 Å². The van der Waals surface area contributed by atoms with E-state index in [4.69, 9.17) is 4.74 Å². The SMILES string of the molecule is O=C(c1ncn[nH]1)C1CCOC2(CCCC2)C1. The van der Waals surface area contributed by atoms with Crippen LogP contribution in [-0.4, -0.2) is 33.2 Å². The van der Waals surface area contributed by atoms with Crippen LogP contribution in [0.15, 0.2) is 6.33 Å². The van der Waals surface area contributed by atoms with Crippen molar-refractivity contribution in [2.75, 3.05) is 6.61 Å². The van der Waals surface area contributed by atoms with Crippen molar-refractivity contribution in [3.8, 4) is 0 Å². The van der Waals surface area contributed by atoms with Crippen LogP contribution in [0.25, 0.3) is 0 Å². The maximum absolute atomic E-state index is 12.2. The van der Waals surface area contributed by atoms with Crippen LogP contribution < -0.4 is 0 Å². The molecule has 92 valence electrons. The van der Waals surface area contributed by atoms with Gasteiger partial charge in [-0.25, -0.2) is 4.98 Å². The van der Waals surface area contributed by atoms with Crippen molar-refractivity contribution in [3.63, 3.8) is 0 Å². The van der Waals surface area contributed by atoms with E-state index >= 15 is 0 Å². The third kappa shape index (κ3) is 1.99. The zero-order valence-corrected chi connectivity index (χ0v) is 9.82. The molecule has 5 nitrogen and oxygen atoms in total.